The van der Waals surface area contributed by atoms with Crippen LogP contribution in [0.3, 0.4) is 0 Å². The highest BCUT2D eigenvalue weighted by atomic mass is 32.2. The molecule has 0 unspecified atom stereocenters. The summed E-state index contributed by atoms with van der Waals surface area (Å²) in [5.74, 6) is -1.03. The second-order valence-corrected chi connectivity index (χ2v) is 11.6. The van der Waals surface area contributed by atoms with E-state index in [2.05, 4.69) is 5.32 Å². The van der Waals surface area contributed by atoms with E-state index in [1.165, 1.54) is 22.7 Å². The lowest BCUT2D eigenvalue weighted by molar-refractivity contribution is -0.150. The number of amides is 3. The SMILES string of the molecule is CCCN(C)C(=O)[C@H]1N(C(=O)[C@@H](O)[C@H](Cc2ccccc2)NC(=O)c2cccc(O)c2C)CSC1(C)C. The van der Waals surface area contributed by atoms with E-state index in [0.29, 0.717) is 12.1 Å². The van der Waals surface area contributed by atoms with Crippen molar-refractivity contribution in [2.45, 2.75) is 63.5 Å². The summed E-state index contributed by atoms with van der Waals surface area (Å²) >= 11 is 1.49. The van der Waals surface area contributed by atoms with Gasteiger partial charge in [0.25, 0.3) is 11.8 Å². The molecule has 1 fully saturated rings. The van der Waals surface area contributed by atoms with Gasteiger partial charge in [-0.15, -0.1) is 11.8 Å². The molecule has 3 amide bonds. The first kappa shape index (κ1) is 28.5. The number of benzene rings is 2. The summed E-state index contributed by atoms with van der Waals surface area (Å²) in [4.78, 5) is 43.3. The molecule has 200 valence electrons. The average molecular weight is 528 g/mol. The molecule has 1 saturated heterocycles. The van der Waals surface area contributed by atoms with Gasteiger partial charge >= 0.3 is 0 Å². The van der Waals surface area contributed by atoms with Crippen molar-refractivity contribution in [1.29, 1.82) is 0 Å². The van der Waals surface area contributed by atoms with Crippen LogP contribution in [0.2, 0.25) is 0 Å². The van der Waals surface area contributed by atoms with Crippen LogP contribution in [0, 0.1) is 6.92 Å². The summed E-state index contributed by atoms with van der Waals surface area (Å²) < 4.78 is -0.536. The van der Waals surface area contributed by atoms with E-state index < -0.39 is 34.7 Å². The number of phenols is 1. The molecule has 37 heavy (non-hydrogen) atoms. The van der Waals surface area contributed by atoms with Crippen molar-refractivity contribution >= 4 is 29.5 Å². The van der Waals surface area contributed by atoms with E-state index >= 15 is 0 Å². The molecular weight excluding hydrogens is 490 g/mol. The molecule has 0 bridgehead atoms. The molecule has 2 aromatic rings. The summed E-state index contributed by atoms with van der Waals surface area (Å²) in [5, 5.41) is 24.2. The van der Waals surface area contributed by atoms with Gasteiger partial charge in [-0.2, -0.15) is 0 Å². The predicted molar refractivity (Wildman–Crippen MR) is 145 cm³/mol. The monoisotopic (exact) mass is 527 g/mol. The van der Waals surface area contributed by atoms with Crippen LogP contribution in [0.1, 0.15) is 48.7 Å². The van der Waals surface area contributed by atoms with Crippen LogP contribution in [0.4, 0.5) is 0 Å². The van der Waals surface area contributed by atoms with Gasteiger partial charge in [-0.1, -0.05) is 43.3 Å². The van der Waals surface area contributed by atoms with Crippen molar-refractivity contribution in [3.63, 3.8) is 0 Å². The number of phenolic OH excluding ortho intramolecular Hbond substituents is 1. The quantitative estimate of drug-likeness (QED) is 0.463. The first-order valence-corrected chi connectivity index (χ1v) is 13.5. The minimum Gasteiger partial charge on any atom is -0.508 e. The Balaban J connectivity index is 1.89. The van der Waals surface area contributed by atoms with E-state index in [-0.39, 0.29) is 29.5 Å². The molecule has 0 aromatic heterocycles. The number of nitrogens with one attached hydrogen (secondary N) is 1. The maximum Gasteiger partial charge on any atom is 0.254 e. The number of aliphatic hydroxyl groups is 1. The maximum absolute atomic E-state index is 13.7. The van der Waals surface area contributed by atoms with Crippen molar-refractivity contribution in [3.05, 3.63) is 65.2 Å². The molecule has 0 radical (unpaired) electrons. The Kier molecular flexibility index (Phi) is 9.26. The molecule has 8 nitrogen and oxygen atoms in total. The number of likely N-dealkylation sites (N-methyl/N-ethyl adjacent to an activating group) is 1. The Bertz CT molecular complexity index is 1120. The number of hydrogen-bond donors (Lipinski definition) is 3. The highest BCUT2D eigenvalue weighted by Crippen LogP contribution is 2.40. The van der Waals surface area contributed by atoms with Gasteiger partial charge < -0.3 is 25.3 Å². The number of aromatic hydroxyl groups is 1. The average Bonchev–Trinajstić information content (AvgIpc) is 3.19. The van der Waals surface area contributed by atoms with Crippen molar-refractivity contribution in [2.24, 2.45) is 0 Å². The fourth-order valence-electron chi connectivity index (χ4n) is 4.61. The van der Waals surface area contributed by atoms with Crippen molar-refractivity contribution < 1.29 is 24.6 Å². The summed E-state index contributed by atoms with van der Waals surface area (Å²) in [6, 6.07) is 12.2. The van der Waals surface area contributed by atoms with E-state index in [0.717, 1.165) is 12.0 Å². The number of carbonyl (C=O) groups excluding carboxylic acids is 3. The van der Waals surface area contributed by atoms with E-state index in [9.17, 15) is 24.6 Å². The number of rotatable bonds is 9. The maximum atomic E-state index is 13.7. The van der Waals surface area contributed by atoms with Gasteiger partial charge in [-0.05, 0) is 51.3 Å². The molecule has 3 rings (SSSR count). The summed E-state index contributed by atoms with van der Waals surface area (Å²) in [6.45, 7) is 8.03. The van der Waals surface area contributed by atoms with Gasteiger partial charge in [-0.3, -0.25) is 14.4 Å². The summed E-state index contributed by atoms with van der Waals surface area (Å²) in [5.41, 5.74) is 1.49. The first-order valence-electron chi connectivity index (χ1n) is 12.5. The highest BCUT2D eigenvalue weighted by Gasteiger charge is 2.50. The van der Waals surface area contributed by atoms with E-state index in [4.69, 9.17) is 0 Å². The molecular formula is C28H37N3O5S. The fourth-order valence-corrected chi connectivity index (χ4v) is 5.74. The standard InChI is InChI=1S/C28H37N3O5S/c1-6-15-30(5)27(36)24-28(3,4)37-17-31(24)26(35)23(33)21(16-19-11-8-7-9-12-19)29-25(34)20-13-10-14-22(32)18(20)2/h7-14,21,23-24,32-33H,6,15-17H2,1-5H3,(H,29,34)/t21-,23-,24+/m0/s1. The van der Waals surface area contributed by atoms with Gasteiger partial charge in [-0.25, -0.2) is 0 Å². The van der Waals surface area contributed by atoms with Gasteiger partial charge in [0.05, 0.1) is 11.9 Å². The van der Waals surface area contributed by atoms with Crippen LogP contribution < -0.4 is 5.32 Å². The zero-order valence-electron chi connectivity index (χ0n) is 22.1. The van der Waals surface area contributed by atoms with E-state index in [1.54, 1.807) is 31.0 Å². The first-order chi connectivity index (χ1) is 17.5. The second kappa shape index (κ2) is 12.0. The normalized spacial score (nSPS) is 18.2. The third kappa shape index (κ3) is 6.45. The minimum atomic E-state index is -1.58. The van der Waals surface area contributed by atoms with Gasteiger partial charge in [0, 0.05) is 29.5 Å². The third-order valence-electron chi connectivity index (χ3n) is 6.80. The number of thioether (sulfide) groups is 1. The largest absolute Gasteiger partial charge is 0.508 e. The Morgan fingerprint density at radius 2 is 1.84 bits per heavy atom. The van der Waals surface area contributed by atoms with Crippen LogP contribution in [0.5, 0.6) is 5.75 Å². The molecule has 0 spiro atoms. The van der Waals surface area contributed by atoms with Crippen LogP contribution in [0.25, 0.3) is 0 Å². The van der Waals surface area contributed by atoms with Gasteiger partial charge in [0.2, 0.25) is 5.91 Å². The van der Waals surface area contributed by atoms with Gasteiger partial charge in [0.15, 0.2) is 6.10 Å². The number of aliphatic hydroxyl groups excluding tert-OH is 1. The Labute approximate surface area is 223 Å². The highest BCUT2D eigenvalue weighted by molar-refractivity contribution is 8.00. The van der Waals surface area contributed by atoms with Crippen LogP contribution in [-0.2, 0) is 16.0 Å². The lowest BCUT2D eigenvalue weighted by Crippen LogP contribution is -2.59. The zero-order chi connectivity index (χ0) is 27.3. The topological polar surface area (TPSA) is 110 Å². The molecule has 1 aliphatic rings. The molecule has 2 aromatic carbocycles. The van der Waals surface area contributed by atoms with Crippen LogP contribution >= 0.6 is 11.8 Å². The Hall–Kier alpha value is -3.04. The molecule has 1 heterocycles. The number of nitrogens with zero attached hydrogens (tertiary/aromatic N) is 2. The van der Waals surface area contributed by atoms with Crippen molar-refractivity contribution in [2.75, 3.05) is 19.5 Å². The van der Waals surface area contributed by atoms with Crippen LogP contribution in [0.15, 0.2) is 48.5 Å². The summed E-state index contributed by atoms with van der Waals surface area (Å²) in [7, 11) is 1.72. The fraction of sp³-hybridized carbons (Fsp3) is 0.464. The Morgan fingerprint density at radius 1 is 1.16 bits per heavy atom. The van der Waals surface area contributed by atoms with E-state index in [1.807, 2.05) is 51.1 Å². The number of hydrogen-bond acceptors (Lipinski definition) is 6. The lowest BCUT2D eigenvalue weighted by Gasteiger charge is -2.35. The molecule has 9 heteroatoms. The Morgan fingerprint density at radius 3 is 2.49 bits per heavy atom. The van der Waals surface area contributed by atoms with Crippen molar-refractivity contribution in [3.8, 4) is 5.75 Å². The molecule has 3 atom stereocenters. The molecule has 0 saturated carbocycles. The predicted octanol–water partition coefficient (Wildman–Crippen LogP) is 2.95. The molecule has 0 aliphatic carbocycles. The zero-order valence-corrected chi connectivity index (χ0v) is 22.9. The smallest absolute Gasteiger partial charge is 0.254 e. The summed E-state index contributed by atoms with van der Waals surface area (Å²) in [6.07, 6.45) is -0.586. The van der Waals surface area contributed by atoms with Crippen molar-refractivity contribution in [1.82, 2.24) is 15.1 Å². The van der Waals surface area contributed by atoms with Crippen LogP contribution in [-0.4, -0.2) is 80.1 Å². The minimum absolute atomic E-state index is 0.0160. The molecule has 1 aliphatic heterocycles. The van der Waals surface area contributed by atoms with Gasteiger partial charge in [0.1, 0.15) is 11.8 Å². The molecule has 3 N–H and O–H groups in total. The lowest BCUT2D eigenvalue weighted by atomic mass is 9.96. The second-order valence-electron chi connectivity index (χ2n) is 10.0. The third-order valence-corrected chi connectivity index (χ3v) is 8.17. The number of carbonyl (C=O) groups is 3.